The first-order valence-corrected chi connectivity index (χ1v) is 8.66. The molecule has 1 N–H and O–H groups in total. The number of nitrogens with one attached hydrogen (secondary N) is 1. The van der Waals surface area contributed by atoms with Gasteiger partial charge in [0, 0.05) is 44.2 Å². The average Bonchev–Trinajstić information content (AvgIpc) is 2.53. The number of rotatable bonds is 6. The number of nitrogens with zero attached hydrogens (tertiary/aromatic N) is 1. The van der Waals surface area contributed by atoms with Crippen LogP contribution in [0, 0.1) is 26.7 Å². The quantitative estimate of drug-likeness (QED) is 0.819. The molecule has 4 nitrogen and oxygen atoms in total. The van der Waals surface area contributed by atoms with Gasteiger partial charge in [-0.3, -0.25) is 4.79 Å². The van der Waals surface area contributed by atoms with Gasteiger partial charge < -0.3 is 15.0 Å². The minimum Gasteiger partial charge on any atom is -0.494 e. The molecule has 0 bridgehead atoms. The normalized spacial score (nSPS) is 17.1. The molecule has 1 fully saturated rings. The summed E-state index contributed by atoms with van der Waals surface area (Å²) in [6.07, 6.45) is 0. The molecule has 4 heteroatoms. The van der Waals surface area contributed by atoms with Gasteiger partial charge in [0.25, 0.3) is 0 Å². The summed E-state index contributed by atoms with van der Waals surface area (Å²) >= 11 is 0. The van der Waals surface area contributed by atoms with Gasteiger partial charge in [0.1, 0.15) is 5.75 Å². The molecule has 1 aliphatic rings. The van der Waals surface area contributed by atoms with E-state index in [-0.39, 0.29) is 11.7 Å². The summed E-state index contributed by atoms with van der Waals surface area (Å²) in [5, 5.41) is 3.35. The van der Waals surface area contributed by atoms with Crippen molar-refractivity contribution in [3.63, 3.8) is 0 Å². The fourth-order valence-electron chi connectivity index (χ4n) is 3.34. The molecule has 1 heterocycles. The molecule has 0 radical (unpaired) electrons. The van der Waals surface area contributed by atoms with Crippen LogP contribution in [0.1, 0.15) is 40.9 Å². The Kier molecular flexibility index (Phi) is 6.19. The minimum atomic E-state index is 0.0165. The van der Waals surface area contributed by atoms with Gasteiger partial charge in [-0.2, -0.15) is 0 Å². The van der Waals surface area contributed by atoms with Crippen LogP contribution in [0.3, 0.4) is 0 Å². The monoisotopic (exact) mass is 318 g/mol. The van der Waals surface area contributed by atoms with Crippen LogP contribution < -0.4 is 10.1 Å². The zero-order chi connectivity index (χ0) is 17.0. The molecule has 1 atom stereocenters. The van der Waals surface area contributed by atoms with E-state index in [0.717, 1.165) is 60.7 Å². The van der Waals surface area contributed by atoms with E-state index in [1.54, 1.807) is 0 Å². The third-order valence-electron chi connectivity index (χ3n) is 4.78. The van der Waals surface area contributed by atoms with Crippen LogP contribution in [0.2, 0.25) is 0 Å². The molecule has 0 aliphatic carbocycles. The first-order valence-electron chi connectivity index (χ1n) is 8.66. The maximum absolute atomic E-state index is 13.0. The third kappa shape index (κ3) is 4.12. The second-order valence-electron chi connectivity index (χ2n) is 6.57. The molecular formula is C19H30N2O2. The lowest BCUT2D eigenvalue weighted by atomic mass is 9.89. The van der Waals surface area contributed by atoms with Crippen LogP contribution in [-0.4, -0.2) is 50.0 Å². The lowest BCUT2D eigenvalue weighted by Crippen LogP contribution is -2.45. The first kappa shape index (κ1) is 18.0. The maximum Gasteiger partial charge on any atom is 0.167 e. The van der Waals surface area contributed by atoms with Crippen molar-refractivity contribution in [1.82, 2.24) is 10.2 Å². The number of hydrogen-bond acceptors (Lipinski definition) is 4. The van der Waals surface area contributed by atoms with Gasteiger partial charge in [0.2, 0.25) is 0 Å². The molecule has 1 aromatic carbocycles. The molecule has 1 saturated heterocycles. The highest BCUT2D eigenvalue weighted by molar-refractivity contribution is 6.01. The SMILES string of the molecule is CCOc1cc(C)c(C(=O)C(C)CN2CCNCC2)c(C)c1C. The van der Waals surface area contributed by atoms with Crippen molar-refractivity contribution in [2.24, 2.45) is 5.92 Å². The average molecular weight is 318 g/mol. The predicted octanol–water partition coefficient (Wildman–Crippen LogP) is 2.73. The molecule has 0 amide bonds. The molecule has 0 spiro atoms. The Morgan fingerprint density at radius 1 is 1.26 bits per heavy atom. The Morgan fingerprint density at radius 2 is 1.91 bits per heavy atom. The highest BCUT2D eigenvalue weighted by Gasteiger charge is 2.24. The van der Waals surface area contributed by atoms with E-state index in [9.17, 15) is 4.79 Å². The van der Waals surface area contributed by atoms with Gasteiger partial charge in [-0.15, -0.1) is 0 Å². The first-order chi connectivity index (χ1) is 11.0. The van der Waals surface area contributed by atoms with E-state index in [4.69, 9.17) is 4.74 Å². The van der Waals surface area contributed by atoms with Crippen molar-refractivity contribution in [2.45, 2.75) is 34.6 Å². The summed E-state index contributed by atoms with van der Waals surface area (Å²) in [7, 11) is 0. The fraction of sp³-hybridized carbons (Fsp3) is 0.632. The summed E-state index contributed by atoms with van der Waals surface area (Å²) < 4.78 is 5.69. The topological polar surface area (TPSA) is 41.6 Å². The molecule has 23 heavy (non-hydrogen) atoms. The van der Waals surface area contributed by atoms with E-state index in [1.165, 1.54) is 0 Å². The Bertz CT molecular complexity index is 563. The minimum absolute atomic E-state index is 0.0165. The number of piperazine rings is 1. The smallest absolute Gasteiger partial charge is 0.167 e. The summed E-state index contributed by atoms with van der Waals surface area (Å²) in [5.74, 6) is 1.17. The highest BCUT2D eigenvalue weighted by atomic mass is 16.5. The predicted molar refractivity (Wildman–Crippen MR) is 94.6 cm³/mol. The lowest BCUT2D eigenvalue weighted by Gasteiger charge is -2.29. The number of Topliss-reactive ketones (excluding diaryl/α,β-unsaturated/α-hetero) is 1. The van der Waals surface area contributed by atoms with Crippen LogP contribution in [0.15, 0.2) is 6.07 Å². The van der Waals surface area contributed by atoms with E-state index in [1.807, 2.05) is 33.8 Å². The third-order valence-corrected chi connectivity index (χ3v) is 4.78. The van der Waals surface area contributed by atoms with Gasteiger partial charge >= 0.3 is 0 Å². The standard InChI is InChI=1S/C19H30N2O2/c1-6-23-17-11-13(2)18(16(5)15(17)4)19(22)14(3)12-21-9-7-20-8-10-21/h11,14,20H,6-10,12H2,1-5H3. The summed E-state index contributed by atoms with van der Waals surface area (Å²) in [6, 6.07) is 2.01. The van der Waals surface area contributed by atoms with Crippen molar-refractivity contribution in [3.8, 4) is 5.75 Å². The number of carbonyl (C=O) groups excluding carboxylic acids is 1. The molecule has 128 valence electrons. The molecule has 0 saturated carbocycles. The van der Waals surface area contributed by atoms with E-state index >= 15 is 0 Å². The fourth-order valence-corrected chi connectivity index (χ4v) is 3.34. The van der Waals surface area contributed by atoms with Crippen molar-refractivity contribution in [3.05, 3.63) is 28.3 Å². The van der Waals surface area contributed by atoms with Crippen molar-refractivity contribution >= 4 is 5.78 Å². The van der Waals surface area contributed by atoms with Gasteiger partial charge in [0.05, 0.1) is 6.61 Å². The second kappa shape index (κ2) is 7.93. The number of ketones is 1. The molecular weight excluding hydrogens is 288 g/mol. The van der Waals surface area contributed by atoms with Gasteiger partial charge in [-0.05, 0) is 50.5 Å². The van der Waals surface area contributed by atoms with Crippen molar-refractivity contribution < 1.29 is 9.53 Å². The van der Waals surface area contributed by atoms with Crippen LogP contribution in [0.5, 0.6) is 5.75 Å². The molecule has 1 aromatic rings. The number of ether oxygens (including phenoxy) is 1. The van der Waals surface area contributed by atoms with Crippen LogP contribution >= 0.6 is 0 Å². The van der Waals surface area contributed by atoms with Crippen LogP contribution in [0.4, 0.5) is 0 Å². The largest absolute Gasteiger partial charge is 0.494 e. The Labute approximate surface area is 140 Å². The highest BCUT2D eigenvalue weighted by Crippen LogP contribution is 2.29. The molecule has 1 aliphatic heterocycles. The summed E-state index contributed by atoms with van der Waals surface area (Å²) in [5.41, 5.74) is 4.04. The number of aryl methyl sites for hydroxylation is 1. The Morgan fingerprint density at radius 3 is 2.52 bits per heavy atom. The second-order valence-corrected chi connectivity index (χ2v) is 6.57. The molecule has 2 rings (SSSR count). The summed E-state index contributed by atoms with van der Waals surface area (Å²) in [6.45, 7) is 15.7. The van der Waals surface area contributed by atoms with Gasteiger partial charge in [-0.25, -0.2) is 0 Å². The van der Waals surface area contributed by atoms with Crippen LogP contribution in [0.25, 0.3) is 0 Å². The van der Waals surface area contributed by atoms with Crippen molar-refractivity contribution in [2.75, 3.05) is 39.3 Å². The van der Waals surface area contributed by atoms with Gasteiger partial charge in [0.15, 0.2) is 5.78 Å². The van der Waals surface area contributed by atoms with E-state index in [0.29, 0.717) is 6.61 Å². The van der Waals surface area contributed by atoms with Gasteiger partial charge in [-0.1, -0.05) is 6.92 Å². The Hall–Kier alpha value is -1.39. The molecule has 1 unspecified atom stereocenters. The Balaban J connectivity index is 2.19. The maximum atomic E-state index is 13.0. The molecule has 0 aromatic heterocycles. The van der Waals surface area contributed by atoms with E-state index < -0.39 is 0 Å². The van der Waals surface area contributed by atoms with Crippen molar-refractivity contribution in [1.29, 1.82) is 0 Å². The van der Waals surface area contributed by atoms with E-state index in [2.05, 4.69) is 17.1 Å². The number of benzene rings is 1. The number of hydrogen-bond donors (Lipinski definition) is 1. The lowest BCUT2D eigenvalue weighted by molar-refractivity contribution is 0.0886. The zero-order valence-electron chi connectivity index (χ0n) is 15.2. The van der Waals surface area contributed by atoms with Crippen LogP contribution in [-0.2, 0) is 0 Å². The zero-order valence-corrected chi connectivity index (χ0v) is 15.2. The number of carbonyl (C=O) groups is 1. The summed E-state index contributed by atoms with van der Waals surface area (Å²) in [4.78, 5) is 15.4.